The van der Waals surface area contributed by atoms with Crippen LogP contribution in [0.2, 0.25) is 0 Å². The van der Waals surface area contributed by atoms with Crippen LogP contribution in [0.5, 0.6) is 0 Å². The first-order valence-corrected chi connectivity index (χ1v) is 8.09. The van der Waals surface area contributed by atoms with E-state index in [1.165, 1.54) is 29.7 Å². The number of pyridine rings is 1. The van der Waals surface area contributed by atoms with Crippen molar-refractivity contribution in [3.8, 4) is 11.3 Å². The van der Waals surface area contributed by atoms with E-state index in [4.69, 9.17) is 0 Å². The molecule has 1 aromatic heterocycles. The average Bonchev–Trinajstić information content (AvgIpc) is 2.85. The summed E-state index contributed by atoms with van der Waals surface area (Å²) in [6.07, 6.45) is 5.14. The minimum atomic E-state index is 0.444. The van der Waals surface area contributed by atoms with Crippen molar-refractivity contribution in [1.82, 2.24) is 0 Å². The molecule has 108 valence electrons. The molecule has 1 heteroatoms. The van der Waals surface area contributed by atoms with Gasteiger partial charge in [0, 0.05) is 17.2 Å². The Morgan fingerprint density at radius 2 is 1.71 bits per heavy atom. The fourth-order valence-electron chi connectivity index (χ4n) is 4.84. The first kappa shape index (κ1) is 13.1. The van der Waals surface area contributed by atoms with Gasteiger partial charge in [0.2, 0.25) is 5.69 Å². The van der Waals surface area contributed by atoms with E-state index in [0.717, 1.165) is 11.8 Å². The predicted octanol–water partition coefficient (Wildman–Crippen LogP) is 4.49. The summed E-state index contributed by atoms with van der Waals surface area (Å²) in [5.74, 6) is 1.51. The first-order valence-electron chi connectivity index (χ1n) is 8.09. The monoisotopic (exact) mass is 278 g/mol. The zero-order valence-electron chi connectivity index (χ0n) is 13.5. The van der Waals surface area contributed by atoms with Gasteiger partial charge in [-0.15, -0.1) is 0 Å². The fraction of sp³-hybridized carbons (Fsp3) is 0.450. The number of nitrogens with zero attached hydrogens (tertiary/aromatic N) is 1. The van der Waals surface area contributed by atoms with Gasteiger partial charge in [-0.05, 0) is 54.2 Å². The van der Waals surface area contributed by atoms with Crippen LogP contribution in [-0.2, 0) is 7.05 Å². The third-order valence-corrected chi connectivity index (χ3v) is 6.05. The van der Waals surface area contributed by atoms with Gasteiger partial charge in [0.1, 0.15) is 7.05 Å². The molecule has 2 aromatic rings. The first-order chi connectivity index (χ1) is 10.00. The van der Waals surface area contributed by atoms with Crippen molar-refractivity contribution < 1.29 is 4.57 Å². The Kier molecular flexibility index (Phi) is 2.61. The highest BCUT2D eigenvalue weighted by Gasteiger charge is 2.52. The third-order valence-electron chi connectivity index (χ3n) is 6.05. The van der Waals surface area contributed by atoms with E-state index in [1.807, 2.05) is 0 Å². The molecule has 0 amide bonds. The number of hydrogen-bond acceptors (Lipinski definition) is 0. The lowest BCUT2D eigenvalue weighted by atomic mass is 9.80. The zero-order chi connectivity index (χ0) is 14.8. The summed E-state index contributed by atoms with van der Waals surface area (Å²) < 4.78 is 2.33. The van der Waals surface area contributed by atoms with Crippen LogP contribution < -0.4 is 4.57 Å². The van der Waals surface area contributed by atoms with Gasteiger partial charge < -0.3 is 0 Å². The van der Waals surface area contributed by atoms with Crippen molar-refractivity contribution in [3.63, 3.8) is 0 Å². The summed E-state index contributed by atoms with van der Waals surface area (Å²) in [7, 11) is 2.20. The van der Waals surface area contributed by atoms with Crippen LogP contribution in [0.1, 0.15) is 55.2 Å². The number of rotatable bonds is 1. The summed E-state index contributed by atoms with van der Waals surface area (Å²) in [5.41, 5.74) is 7.75. The highest BCUT2D eigenvalue weighted by Crippen LogP contribution is 2.64. The molecule has 2 aliphatic rings. The van der Waals surface area contributed by atoms with Crippen LogP contribution in [0.25, 0.3) is 11.3 Å². The average molecular weight is 278 g/mol. The zero-order valence-corrected chi connectivity index (χ0v) is 13.5. The second-order valence-corrected chi connectivity index (χ2v) is 7.50. The van der Waals surface area contributed by atoms with E-state index in [-0.39, 0.29) is 0 Å². The van der Waals surface area contributed by atoms with Crippen molar-refractivity contribution in [2.24, 2.45) is 12.5 Å². The maximum atomic E-state index is 2.48. The topological polar surface area (TPSA) is 3.88 Å². The van der Waals surface area contributed by atoms with Crippen LogP contribution in [-0.4, -0.2) is 0 Å². The van der Waals surface area contributed by atoms with Crippen LogP contribution in [0, 0.1) is 12.3 Å². The van der Waals surface area contributed by atoms with E-state index >= 15 is 0 Å². The van der Waals surface area contributed by atoms with E-state index in [1.54, 1.807) is 11.1 Å². The Balaban J connectivity index is 1.92. The standard InChI is InChI=1S/C20H24N/c1-13-7-5-6-8-14(13)19-11-15-16(12-21(19)4)18-10-9-17(15)20(18,2)3/h5-8,11-12,17-18H,9-10H2,1-4H3/q+1. The summed E-state index contributed by atoms with van der Waals surface area (Å²) in [6.45, 7) is 7.13. The van der Waals surface area contributed by atoms with Crippen molar-refractivity contribution in [2.75, 3.05) is 0 Å². The van der Waals surface area contributed by atoms with Gasteiger partial charge in [0.25, 0.3) is 0 Å². The molecular weight excluding hydrogens is 254 g/mol. The second kappa shape index (κ2) is 4.19. The molecule has 1 fully saturated rings. The minimum absolute atomic E-state index is 0.444. The Hall–Kier alpha value is -1.63. The quantitative estimate of drug-likeness (QED) is 0.677. The predicted molar refractivity (Wildman–Crippen MR) is 86.3 cm³/mol. The smallest absolute Gasteiger partial charge is 0.201 e. The molecule has 2 unspecified atom stereocenters. The van der Waals surface area contributed by atoms with Crippen LogP contribution in [0.4, 0.5) is 0 Å². The van der Waals surface area contributed by atoms with Gasteiger partial charge in [0.15, 0.2) is 6.20 Å². The largest absolute Gasteiger partial charge is 0.212 e. The molecule has 0 spiro atoms. The van der Waals surface area contributed by atoms with Gasteiger partial charge in [-0.3, -0.25) is 0 Å². The van der Waals surface area contributed by atoms with Crippen molar-refractivity contribution >= 4 is 0 Å². The highest BCUT2D eigenvalue weighted by molar-refractivity contribution is 5.63. The number of aryl methyl sites for hydroxylation is 2. The van der Waals surface area contributed by atoms with Gasteiger partial charge >= 0.3 is 0 Å². The SMILES string of the molecule is Cc1ccccc1-c1cc2c(c[n+]1C)C1CCC2C1(C)C. The maximum Gasteiger partial charge on any atom is 0.212 e. The summed E-state index contributed by atoms with van der Waals surface area (Å²) in [6, 6.07) is 11.2. The lowest BCUT2D eigenvalue weighted by Crippen LogP contribution is -2.32. The lowest BCUT2D eigenvalue weighted by molar-refractivity contribution is -0.660. The maximum absolute atomic E-state index is 2.48. The molecule has 0 N–H and O–H groups in total. The number of fused-ring (bicyclic) bond motifs is 5. The van der Waals surface area contributed by atoms with Gasteiger partial charge in [-0.2, -0.15) is 0 Å². The summed E-state index contributed by atoms with van der Waals surface area (Å²) in [4.78, 5) is 0. The molecule has 1 nitrogen and oxygen atoms in total. The van der Waals surface area contributed by atoms with Crippen LogP contribution >= 0.6 is 0 Å². The van der Waals surface area contributed by atoms with E-state index in [0.29, 0.717) is 5.41 Å². The lowest BCUT2D eigenvalue weighted by Gasteiger charge is -2.23. The fourth-order valence-corrected chi connectivity index (χ4v) is 4.84. The van der Waals surface area contributed by atoms with Crippen molar-refractivity contribution in [2.45, 2.75) is 45.4 Å². The highest BCUT2D eigenvalue weighted by atomic mass is 14.9. The molecule has 1 aromatic carbocycles. The van der Waals surface area contributed by atoms with Gasteiger partial charge in [-0.25, -0.2) is 4.57 Å². The Labute approximate surface area is 127 Å². The molecule has 4 rings (SSSR count). The van der Waals surface area contributed by atoms with Crippen LogP contribution in [0.15, 0.2) is 36.5 Å². The molecular formula is C20H24N+. The summed E-state index contributed by atoms with van der Waals surface area (Å²) in [5, 5.41) is 0. The molecule has 1 heterocycles. The van der Waals surface area contributed by atoms with Crippen molar-refractivity contribution in [1.29, 1.82) is 0 Å². The normalized spacial score (nSPS) is 25.1. The molecule has 2 bridgehead atoms. The molecule has 0 saturated heterocycles. The van der Waals surface area contributed by atoms with E-state index in [2.05, 4.69) is 68.9 Å². The number of aromatic nitrogens is 1. The Bertz CT molecular complexity index is 727. The number of benzene rings is 1. The Morgan fingerprint density at radius 1 is 1.05 bits per heavy atom. The van der Waals surface area contributed by atoms with Crippen LogP contribution in [0.3, 0.4) is 0 Å². The Morgan fingerprint density at radius 3 is 2.43 bits per heavy atom. The van der Waals surface area contributed by atoms with E-state index < -0.39 is 0 Å². The second-order valence-electron chi connectivity index (χ2n) is 7.50. The third kappa shape index (κ3) is 1.67. The molecule has 0 radical (unpaired) electrons. The molecule has 1 saturated carbocycles. The molecule has 0 aliphatic heterocycles. The molecule has 2 aliphatic carbocycles. The van der Waals surface area contributed by atoms with E-state index in [9.17, 15) is 0 Å². The molecule has 2 atom stereocenters. The summed E-state index contributed by atoms with van der Waals surface area (Å²) >= 11 is 0. The van der Waals surface area contributed by atoms with Gasteiger partial charge in [-0.1, -0.05) is 32.0 Å². The number of hydrogen-bond donors (Lipinski definition) is 0. The molecule has 21 heavy (non-hydrogen) atoms. The van der Waals surface area contributed by atoms with Crippen molar-refractivity contribution in [3.05, 3.63) is 53.2 Å². The van der Waals surface area contributed by atoms with Gasteiger partial charge in [0.05, 0.1) is 0 Å². The minimum Gasteiger partial charge on any atom is -0.201 e.